The molecule has 3 saturated carbocycles. The number of aliphatic hydroxyl groups is 2. The lowest BCUT2D eigenvalue weighted by atomic mass is 9.44. The first kappa shape index (κ1) is 29.9. The maximum absolute atomic E-state index is 17.2. The molecule has 0 spiro atoms. The van der Waals surface area contributed by atoms with E-state index >= 15 is 4.39 Å². The van der Waals surface area contributed by atoms with Crippen LogP contribution in [0.15, 0.2) is 23.8 Å². The summed E-state index contributed by atoms with van der Waals surface area (Å²) in [5, 5.41) is 23.3. The number of hydrogen-bond acceptors (Lipinski definition) is 7. The van der Waals surface area contributed by atoms with Gasteiger partial charge in [0, 0.05) is 16.7 Å². The van der Waals surface area contributed by atoms with E-state index < -0.39 is 58.4 Å². The van der Waals surface area contributed by atoms with Crippen molar-refractivity contribution in [3.63, 3.8) is 0 Å². The van der Waals surface area contributed by atoms with Crippen molar-refractivity contribution >= 4 is 29.9 Å². The number of hydrogen-bond donors (Lipinski definition) is 2. The monoisotopic (exact) mass is 541 g/mol. The third-order valence-electron chi connectivity index (χ3n) is 10.3. The Balaban J connectivity index is 0.00000380. The average Bonchev–Trinajstić information content (AvgIpc) is 3.03. The van der Waals surface area contributed by atoms with Gasteiger partial charge in [0.05, 0.1) is 12.6 Å². The van der Waals surface area contributed by atoms with Crippen LogP contribution in [-0.4, -0.2) is 76.3 Å². The zero-order valence-electron chi connectivity index (χ0n) is 22.5. The van der Waals surface area contributed by atoms with Crippen molar-refractivity contribution in [2.24, 2.45) is 28.6 Å². The van der Waals surface area contributed by atoms with Crippen LogP contribution in [0.25, 0.3) is 0 Å². The van der Waals surface area contributed by atoms with Crippen LogP contribution >= 0.6 is 12.4 Å². The fourth-order valence-corrected chi connectivity index (χ4v) is 8.07. The Morgan fingerprint density at radius 2 is 1.86 bits per heavy atom. The van der Waals surface area contributed by atoms with E-state index in [1.54, 1.807) is 26.8 Å². The lowest BCUT2D eigenvalue weighted by molar-refractivity contribution is -0.220. The average molecular weight is 542 g/mol. The predicted molar refractivity (Wildman–Crippen MR) is 139 cm³/mol. The van der Waals surface area contributed by atoms with Gasteiger partial charge in [0.2, 0.25) is 5.78 Å². The molecule has 0 saturated heterocycles. The summed E-state index contributed by atoms with van der Waals surface area (Å²) in [6, 6.07) is 0. The van der Waals surface area contributed by atoms with Gasteiger partial charge in [-0.3, -0.25) is 19.3 Å². The zero-order valence-corrected chi connectivity index (χ0v) is 23.3. The van der Waals surface area contributed by atoms with E-state index in [0.717, 1.165) is 0 Å². The number of halogens is 2. The number of esters is 1. The maximum Gasteiger partial charge on any atom is 0.320 e. The summed E-state index contributed by atoms with van der Waals surface area (Å²) in [4.78, 5) is 39.6. The summed E-state index contributed by atoms with van der Waals surface area (Å²) >= 11 is 0. The van der Waals surface area contributed by atoms with Gasteiger partial charge >= 0.3 is 5.97 Å². The number of alkyl halides is 1. The van der Waals surface area contributed by atoms with Gasteiger partial charge < -0.3 is 14.9 Å². The third kappa shape index (κ3) is 4.14. The number of nitrogens with zero attached hydrogens (tertiary/aromatic N) is 1. The van der Waals surface area contributed by atoms with Crippen molar-refractivity contribution in [2.75, 3.05) is 26.2 Å². The quantitative estimate of drug-likeness (QED) is 0.477. The number of carbonyl (C=O) groups is 3. The summed E-state index contributed by atoms with van der Waals surface area (Å²) < 4.78 is 22.5. The molecule has 4 rings (SSSR count). The number of fused-ring (bicyclic) bond motifs is 5. The van der Waals surface area contributed by atoms with Crippen molar-refractivity contribution in [1.29, 1.82) is 0 Å². The van der Waals surface area contributed by atoms with Crippen molar-refractivity contribution in [3.05, 3.63) is 23.8 Å². The van der Waals surface area contributed by atoms with Crippen LogP contribution in [0, 0.1) is 28.6 Å². The lowest BCUT2D eigenvalue weighted by Gasteiger charge is -2.62. The maximum atomic E-state index is 17.2. The molecule has 0 amide bonds. The van der Waals surface area contributed by atoms with Crippen LogP contribution in [0.2, 0.25) is 0 Å². The highest BCUT2D eigenvalue weighted by molar-refractivity contribution is 6.01. The Labute approximate surface area is 224 Å². The van der Waals surface area contributed by atoms with Gasteiger partial charge in [0.1, 0.15) is 5.60 Å². The fraction of sp³-hybridized carbons (Fsp3) is 0.750. The van der Waals surface area contributed by atoms with E-state index in [4.69, 9.17) is 4.74 Å². The van der Waals surface area contributed by atoms with Crippen molar-refractivity contribution in [1.82, 2.24) is 4.90 Å². The standard InChI is InChI=1S/C28H40FNO6.ClH/c1-6-30(7-2)15-24(34)36-16-23(33)28(35)17(3)12-21-20-9-8-18-13-19(31)10-11-25(18,4)27(20,29)22(32)14-26(21,28)5;/h10-11,13,17,20-22,32,35H,6-9,12,14-16H2,1-5H3;1H/t17-,20-,21-,22-,25-,26-,27-,28-;/m0./s1. The van der Waals surface area contributed by atoms with Gasteiger partial charge in [-0.25, -0.2) is 4.39 Å². The second kappa shape index (κ2) is 10.2. The van der Waals surface area contributed by atoms with Crippen LogP contribution in [0.4, 0.5) is 4.39 Å². The molecule has 0 aromatic heterocycles. The van der Waals surface area contributed by atoms with Crippen LogP contribution < -0.4 is 0 Å². The number of ether oxygens (including phenoxy) is 1. The molecule has 3 fully saturated rings. The highest BCUT2D eigenvalue weighted by Gasteiger charge is 2.75. The van der Waals surface area contributed by atoms with Crippen molar-refractivity contribution < 1.29 is 33.7 Å². The van der Waals surface area contributed by atoms with E-state index in [2.05, 4.69) is 0 Å². The van der Waals surface area contributed by atoms with Crippen molar-refractivity contribution in [3.8, 4) is 0 Å². The topological polar surface area (TPSA) is 104 Å². The Kier molecular flexibility index (Phi) is 8.23. The van der Waals surface area contributed by atoms with Gasteiger partial charge in [-0.2, -0.15) is 0 Å². The Hall–Kier alpha value is -1.61. The largest absolute Gasteiger partial charge is 0.457 e. The molecule has 0 bridgehead atoms. The number of aliphatic hydroxyl groups excluding tert-OH is 1. The molecule has 7 nitrogen and oxygen atoms in total. The molecular weight excluding hydrogens is 501 g/mol. The first-order valence-corrected chi connectivity index (χ1v) is 13.2. The van der Waals surface area contributed by atoms with Crippen LogP contribution in [0.5, 0.6) is 0 Å². The molecule has 0 aliphatic heterocycles. The molecule has 0 unspecified atom stereocenters. The number of ketones is 2. The molecule has 8 atom stereocenters. The molecule has 9 heteroatoms. The molecule has 4 aliphatic carbocycles. The van der Waals surface area contributed by atoms with E-state index in [0.29, 0.717) is 37.9 Å². The second-order valence-electron chi connectivity index (χ2n) is 11.7. The normalized spacial score (nSPS) is 42.3. The Morgan fingerprint density at radius 1 is 1.22 bits per heavy atom. The fourth-order valence-electron chi connectivity index (χ4n) is 8.07. The summed E-state index contributed by atoms with van der Waals surface area (Å²) in [6.45, 7) is 9.99. The molecule has 2 N–H and O–H groups in total. The molecule has 0 radical (unpaired) electrons. The summed E-state index contributed by atoms with van der Waals surface area (Å²) in [5.41, 5.74) is -5.40. The second-order valence-corrected chi connectivity index (χ2v) is 11.7. The molecule has 0 aromatic rings. The SMILES string of the molecule is CCN(CC)CC(=O)OCC(=O)[C@@]1(O)[C@@H](C)C[C@H]2[C@@H]3CCC4=CC(=O)C=C[C@]4(C)[C@@]3(F)[C@@H](O)C[C@@]21C.Cl. The molecule has 208 valence electrons. The lowest BCUT2D eigenvalue weighted by Crippen LogP contribution is -2.69. The summed E-state index contributed by atoms with van der Waals surface area (Å²) in [5.74, 6) is -2.76. The number of Topliss-reactive ketones (excluding diaryl/α,β-unsaturated/α-hetero) is 1. The number of carbonyl (C=O) groups excluding carboxylic acids is 3. The predicted octanol–water partition coefficient (Wildman–Crippen LogP) is 3.21. The highest BCUT2D eigenvalue weighted by Crippen LogP contribution is 2.70. The number of likely N-dealkylation sites (N-methyl/N-ethyl adjacent to an activating group) is 1. The third-order valence-corrected chi connectivity index (χ3v) is 10.3. The molecular formula is C28H41ClFNO6. The van der Waals surface area contributed by atoms with Crippen LogP contribution in [0.1, 0.15) is 60.3 Å². The summed E-state index contributed by atoms with van der Waals surface area (Å²) in [7, 11) is 0. The number of allylic oxidation sites excluding steroid dienone is 4. The minimum Gasteiger partial charge on any atom is -0.457 e. The van der Waals surface area contributed by atoms with E-state index in [1.807, 2.05) is 18.7 Å². The van der Waals surface area contributed by atoms with Gasteiger partial charge in [-0.1, -0.05) is 39.3 Å². The molecule has 0 aromatic carbocycles. The van der Waals surface area contributed by atoms with Crippen molar-refractivity contribution in [2.45, 2.75) is 77.7 Å². The van der Waals surface area contributed by atoms with Gasteiger partial charge in [0.15, 0.2) is 18.1 Å². The van der Waals surface area contributed by atoms with E-state index in [-0.39, 0.29) is 37.1 Å². The Morgan fingerprint density at radius 3 is 2.49 bits per heavy atom. The Bertz CT molecular complexity index is 1010. The van der Waals surface area contributed by atoms with E-state index in [1.165, 1.54) is 12.2 Å². The molecule has 37 heavy (non-hydrogen) atoms. The zero-order chi connectivity index (χ0) is 26.7. The molecule has 4 aliphatic rings. The minimum absolute atomic E-state index is 0. The van der Waals surface area contributed by atoms with Gasteiger partial charge in [0.25, 0.3) is 0 Å². The molecule has 0 heterocycles. The van der Waals surface area contributed by atoms with Crippen LogP contribution in [-0.2, 0) is 19.1 Å². The minimum atomic E-state index is -2.03. The van der Waals surface area contributed by atoms with Gasteiger partial charge in [-0.15, -0.1) is 12.4 Å². The highest BCUT2D eigenvalue weighted by atomic mass is 35.5. The van der Waals surface area contributed by atoms with Gasteiger partial charge in [-0.05, 0) is 69.7 Å². The van der Waals surface area contributed by atoms with Crippen LogP contribution in [0.3, 0.4) is 0 Å². The summed E-state index contributed by atoms with van der Waals surface area (Å²) in [6.07, 6.45) is 4.28. The first-order chi connectivity index (χ1) is 16.8. The van der Waals surface area contributed by atoms with E-state index in [9.17, 15) is 24.6 Å². The smallest absolute Gasteiger partial charge is 0.320 e. The first-order valence-electron chi connectivity index (χ1n) is 13.2. The number of rotatable bonds is 7.